The fraction of sp³-hybridized carbons (Fsp3) is 0.778. The van der Waals surface area contributed by atoms with Gasteiger partial charge in [-0.05, 0) is 18.4 Å². The maximum atomic E-state index is 13.0. The summed E-state index contributed by atoms with van der Waals surface area (Å²) < 4.78 is 7.76. The number of nitrogens with zero attached hydrogens (tertiary/aromatic N) is 2. The van der Waals surface area contributed by atoms with Crippen LogP contribution in [0.5, 0.6) is 0 Å². The van der Waals surface area contributed by atoms with E-state index in [9.17, 15) is 4.79 Å². The number of carbonyl (C=O) groups excluding carboxylic acids is 1. The van der Waals surface area contributed by atoms with Crippen molar-refractivity contribution in [2.75, 3.05) is 19.7 Å². The van der Waals surface area contributed by atoms with Crippen LogP contribution in [0, 0.1) is 17.3 Å². The van der Waals surface area contributed by atoms with Gasteiger partial charge >= 0.3 is 0 Å². The lowest BCUT2D eigenvalue weighted by Crippen LogP contribution is -2.70. The summed E-state index contributed by atoms with van der Waals surface area (Å²) in [6, 6.07) is 0.227. The van der Waals surface area contributed by atoms with Crippen molar-refractivity contribution in [2.45, 2.75) is 44.8 Å². The molecule has 0 spiro atoms. The zero-order valence-electron chi connectivity index (χ0n) is 15.2. The summed E-state index contributed by atoms with van der Waals surface area (Å²) in [6.45, 7) is 6.88. The Labute approximate surface area is 155 Å². The number of ether oxygens (including phenoxy) is 1. The Morgan fingerprint density at radius 3 is 2.96 bits per heavy atom. The van der Waals surface area contributed by atoms with Crippen LogP contribution in [0.3, 0.4) is 0 Å². The molecule has 0 radical (unpaired) electrons. The van der Waals surface area contributed by atoms with Crippen LogP contribution in [0.2, 0.25) is 0 Å². The molecule has 2 saturated heterocycles. The Hall–Kier alpha value is -1.11. The molecule has 2 N–H and O–H groups in total. The van der Waals surface area contributed by atoms with Gasteiger partial charge in [0.15, 0.2) is 0 Å². The minimum absolute atomic E-state index is 0. The molecule has 4 rings (SSSR count). The molecule has 1 amide bonds. The lowest BCUT2D eigenvalue weighted by Gasteiger charge is -2.60. The molecule has 3 fully saturated rings. The Kier molecular flexibility index (Phi) is 5.15. The molecule has 6 nitrogen and oxygen atoms in total. The number of aromatic nitrogens is 2. The summed E-state index contributed by atoms with van der Waals surface area (Å²) in [5, 5.41) is 11.0. The fourth-order valence-electron chi connectivity index (χ4n) is 5.01. The highest BCUT2D eigenvalue weighted by Crippen LogP contribution is 2.51. The Morgan fingerprint density at radius 1 is 1.44 bits per heavy atom. The van der Waals surface area contributed by atoms with Crippen molar-refractivity contribution in [3.63, 3.8) is 0 Å². The Morgan fingerprint density at radius 2 is 2.24 bits per heavy atom. The summed E-state index contributed by atoms with van der Waals surface area (Å²) in [7, 11) is 1.92. The van der Waals surface area contributed by atoms with Crippen LogP contribution in [0.25, 0.3) is 0 Å². The summed E-state index contributed by atoms with van der Waals surface area (Å²) in [4.78, 5) is 13.0. The van der Waals surface area contributed by atoms with Gasteiger partial charge in [0.2, 0.25) is 5.91 Å². The summed E-state index contributed by atoms with van der Waals surface area (Å²) in [5.74, 6) is 0.841. The van der Waals surface area contributed by atoms with Crippen molar-refractivity contribution in [2.24, 2.45) is 24.3 Å². The zero-order chi connectivity index (χ0) is 16.9. The van der Waals surface area contributed by atoms with Crippen molar-refractivity contribution in [1.82, 2.24) is 20.4 Å². The number of nitrogens with one attached hydrogen (secondary N) is 2. The molecule has 5 atom stereocenters. The molecular formula is C18H29ClN4O2. The fourth-order valence-corrected chi connectivity index (χ4v) is 5.01. The molecule has 0 aromatic carbocycles. The summed E-state index contributed by atoms with van der Waals surface area (Å²) in [5.41, 5.74) is 1.17. The number of carbonyl (C=O) groups is 1. The van der Waals surface area contributed by atoms with E-state index < -0.39 is 0 Å². The Bertz CT molecular complexity index is 632. The van der Waals surface area contributed by atoms with Gasteiger partial charge in [0.05, 0.1) is 18.2 Å². The minimum Gasteiger partial charge on any atom is -0.377 e. The molecule has 7 heteroatoms. The van der Waals surface area contributed by atoms with Crippen molar-refractivity contribution < 1.29 is 9.53 Å². The average Bonchev–Trinajstić information content (AvgIpc) is 3.21. The van der Waals surface area contributed by atoms with Crippen molar-refractivity contribution >= 4 is 18.3 Å². The van der Waals surface area contributed by atoms with Gasteiger partial charge in [-0.3, -0.25) is 9.48 Å². The van der Waals surface area contributed by atoms with E-state index >= 15 is 0 Å². The van der Waals surface area contributed by atoms with E-state index in [2.05, 4.69) is 29.6 Å². The monoisotopic (exact) mass is 368 g/mol. The molecular weight excluding hydrogens is 340 g/mol. The molecule has 140 valence electrons. The molecule has 3 unspecified atom stereocenters. The highest BCUT2D eigenvalue weighted by Gasteiger charge is 2.58. The third-order valence-corrected chi connectivity index (χ3v) is 6.33. The first-order valence-corrected chi connectivity index (χ1v) is 9.09. The lowest BCUT2D eigenvalue weighted by atomic mass is 9.55. The molecule has 0 bridgehead atoms. The van der Waals surface area contributed by atoms with Gasteiger partial charge in [-0.15, -0.1) is 12.4 Å². The lowest BCUT2D eigenvalue weighted by molar-refractivity contribution is -0.194. The first-order chi connectivity index (χ1) is 11.5. The normalized spacial score (nSPS) is 36.0. The number of hydrogen-bond acceptors (Lipinski definition) is 4. The highest BCUT2D eigenvalue weighted by molar-refractivity contribution is 5.85. The SMILES string of the molecule is Cl.Cn1cc([C@H]2CNC[C@@H]2C(=O)NC2C3CCCOC3C2(C)C)cn1. The van der Waals surface area contributed by atoms with Gasteiger partial charge in [0.25, 0.3) is 0 Å². The number of aryl methyl sites for hydroxylation is 1. The largest absolute Gasteiger partial charge is 0.377 e. The van der Waals surface area contributed by atoms with Crippen molar-refractivity contribution in [3.05, 3.63) is 18.0 Å². The predicted molar refractivity (Wildman–Crippen MR) is 97.7 cm³/mol. The molecule has 2 aliphatic heterocycles. The first-order valence-electron chi connectivity index (χ1n) is 9.09. The zero-order valence-corrected chi connectivity index (χ0v) is 16.0. The average molecular weight is 369 g/mol. The number of halogens is 1. The quantitative estimate of drug-likeness (QED) is 0.847. The molecule has 1 aliphatic carbocycles. The Balaban J connectivity index is 0.00000182. The van der Waals surface area contributed by atoms with Crippen LogP contribution >= 0.6 is 12.4 Å². The molecule has 1 aromatic rings. The van der Waals surface area contributed by atoms with Gasteiger partial charge in [0, 0.05) is 56.2 Å². The molecule has 1 aromatic heterocycles. The van der Waals surface area contributed by atoms with E-state index in [0.717, 1.165) is 38.1 Å². The van der Waals surface area contributed by atoms with Crippen LogP contribution in [0.1, 0.15) is 38.2 Å². The van der Waals surface area contributed by atoms with E-state index in [1.165, 1.54) is 0 Å². The van der Waals surface area contributed by atoms with Gasteiger partial charge < -0.3 is 15.4 Å². The number of fused-ring (bicyclic) bond motifs is 1. The maximum Gasteiger partial charge on any atom is 0.225 e. The first kappa shape index (κ1) is 18.7. The molecule has 1 saturated carbocycles. The molecule has 3 heterocycles. The van der Waals surface area contributed by atoms with Gasteiger partial charge in [-0.1, -0.05) is 13.8 Å². The van der Waals surface area contributed by atoms with Gasteiger partial charge in [-0.2, -0.15) is 5.10 Å². The molecule has 3 aliphatic rings. The predicted octanol–water partition coefficient (Wildman–Crippen LogP) is 1.46. The number of amides is 1. The highest BCUT2D eigenvalue weighted by atomic mass is 35.5. The standard InChI is InChI=1S/C18H28N4O2.ClH/c1-18(2)15(12-5-4-6-24-16(12)18)21-17(23)14-9-19-8-13(14)11-7-20-22(3)10-11;/h7,10,12-16,19H,4-6,8-9H2,1-3H3,(H,21,23);1H/t12?,13-,14+,15?,16?;/m1./s1. The van der Waals surface area contributed by atoms with E-state index in [1.807, 2.05) is 24.1 Å². The maximum absolute atomic E-state index is 13.0. The van der Waals surface area contributed by atoms with E-state index in [4.69, 9.17) is 4.74 Å². The third kappa shape index (κ3) is 3.09. The van der Waals surface area contributed by atoms with Crippen molar-refractivity contribution in [3.8, 4) is 0 Å². The second-order valence-electron chi connectivity index (χ2n) is 8.22. The number of hydrogen-bond donors (Lipinski definition) is 2. The number of rotatable bonds is 3. The van der Waals surface area contributed by atoms with Gasteiger partial charge in [0.1, 0.15) is 0 Å². The summed E-state index contributed by atoms with van der Waals surface area (Å²) >= 11 is 0. The van der Waals surface area contributed by atoms with E-state index in [1.54, 1.807) is 0 Å². The second-order valence-corrected chi connectivity index (χ2v) is 8.22. The minimum atomic E-state index is -0.0199. The van der Waals surface area contributed by atoms with Crippen LogP contribution in [0.15, 0.2) is 12.4 Å². The summed E-state index contributed by atoms with van der Waals surface area (Å²) in [6.07, 6.45) is 6.47. The molecule has 25 heavy (non-hydrogen) atoms. The van der Waals surface area contributed by atoms with E-state index in [-0.39, 0.29) is 41.6 Å². The van der Waals surface area contributed by atoms with Crippen LogP contribution in [-0.2, 0) is 16.6 Å². The van der Waals surface area contributed by atoms with E-state index in [0.29, 0.717) is 12.0 Å². The van der Waals surface area contributed by atoms with Crippen LogP contribution in [-0.4, -0.2) is 47.5 Å². The third-order valence-electron chi connectivity index (χ3n) is 6.33. The van der Waals surface area contributed by atoms with Crippen LogP contribution < -0.4 is 10.6 Å². The second kappa shape index (κ2) is 6.89. The topological polar surface area (TPSA) is 68.2 Å². The smallest absolute Gasteiger partial charge is 0.225 e. The van der Waals surface area contributed by atoms with Gasteiger partial charge in [-0.25, -0.2) is 0 Å². The van der Waals surface area contributed by atoms with Crippen LogP contribution in [0.4, 0.5) is 0 Å². The van der Waals surface area contributed by atoms with Crippen molar-refractivity contribution in [1.29, 1.82) is 0 Å².